The summed E-state index contributed by atoms with van der Waals surface area (Å²) in [5.41, 5.74) is 1.76. The van der Waals surface area contributed by atoms with Crippen molar-refractivity contribution < 1.29 is 9.15 Å². The van der Waals surface area contributed by atoms with E-state index in [1.54, 1.807) is 0 Å². The largest absolute Gasteiger partial charge is 0.494 e. The molecule has 0 atom stereocenters. The second-order valence-electron chi connectivity index (χ2n) is 4.38. The Morgan fingerprint density at radius 3 is 1.95 bits per heavy atom. The van der Waals surface area contributed by atoms with Gasteiger partial charge in [0.1, 0.15) is 5.75 Å². The minimum Gasteiger partial charge on any atom is -0.494 e. The Balaban J connectivity index is 1.85. The molecule has 0 unspecified atom stereocenters. The first-order chi connectivity index (χ1) is 10.3. The Kier molecular flexibility index (Phi) is 4.01. The first-order valence-electron chi connectivity index (χ1n) is 6.59. The lowest BCUT2D eigenvalue weighted by molar-refractivity contribution is 0.340. The molecule has 4 nitrogen and oxygen atoms in total. The molecule has 2 aromatic carbocycles. The summed E-state index contributed by atoms with van der Waals surface area (Å²) in [6.07, 6.45) is 0. The van der Waals surface area contributed by atoms with E-state index in [0.717, 1.165) is 21.3 Å². The first kappa shape index (κ1) is 13.8. The lowest BCUT2D eigenvalue weighted by atomic mass is 10.2. The lowest BCUT2D eigenvalue weighted by Gasteiger charge is -2.02. The van der Waals surface area contributed by atoms with E-state index in [2.05, 4.69) is 26.1 Å². The van der Waals surface area contributed by atoms with Crippen molar-refractivity contribution in [3.63, 3.8) is 0 Å². The summed E-state index contributed by atoms with van der Waals surface area (Å²) in [5.74, 6) is 1.83. The summed E-state index contributed by atoms with van der Waals surface area (Å²) in [6, 6.07) is 15.3. The number of aromatic nitrogens is 2. The topological polar surface area (TPSA) is 48.2 Å². The Morgan fingerprint density at radius 1 is 0.905 bits per heavy atom. The van der Waals surface area contributed by atoms with Gasteiger partial charge in [-0.3, -0.25) is 0 Å². The van der Waals surface area contributed by atoms with Crippen LogP contribution in [0, 0.1) is 0 Å². The number of ether oxygens (including phenoxy) is 1. The van der Waals surface area contributed by atoms with Crippen molar-refractivity contribution in [2.75, 3.05) is 6.61 Å². The van der Waals surface area contributed by atoms with E-state index in [9.17, 15) is 0 Å². The third-order valence-corrected chi connectivity index (χ3v) is 3.46. The molecule has 0 aliphatic heterocycles. The number of hydrogen-bond donors (Lipinski definition) is 0. The van der Waals surface area contributed by atoms with E-state index in [1.807, 2.05) is 55.5 Å². The number of hydrogen-bond acceptors (Lipinski definition) is 4. The molecule has 106 valence electrons. The lowest BCUT2D eigenvalue weighted by Crippen LogP contribution is -1.90. The summed E-state index contributed by atoms with van der Waals surface area (Å²) in [5, 5.41) is 8.18. The molecule has 1 heterocycles. The second-order valence-corrected chi connectivity index (χ2v) is 5.29. The number of benzene rings is 2. The van der Waals surface area contributed by atoms with E-state index >= 15 is 0 Å². The second kappa shape index (κ2) is 6.10. The summed E-state index contributed by atoms with van der Waals surface area (Å²) in [4.78, 5) is 0. The van der Waals surface area contributed by atoms with Crippen LogP contribution < -0.4 is 4.74 Å². The maximum atomic E-state index is 5.72. The fourth-order valence-electron chi connectivity index (χ4n) is 1.91. The molecule has 0 spiro atoms. The zero-order valence-electron chi connectivity index (χ0n) is 11.4. The molecule has 3 aromatic rings. The van der Waals surface area contributed by atoms with E-state index < -0.39 is 0 Å². The number of rotatable bonds is 4. The molecule has 0 saturated heterocycles. The Bertz CT molecular complexity index is 721. The predicted octanol–water partition coefficient (Wildman–Crippen LogP) is 4.56. The molecule has 0 radical (unpaired) electrons. The maximum Gasteiger partial charge on any atom is 0.248 e. The fourth-order valence-corrected chi connectivity index (χ4v) is 2.17. The molecule has 0 saturated carbocycles. The highest BCUT2D eigenvalue weighted by molar-refractivity contribution is 9.10. The van der Waals surface area contributed by atoms with Crippen LogP contribution in [0.5, 0.6) is 5.75 Å². The minimum atomic E-state index is 0.496. The summed E-state index contributed by atoms with van der Waals surface area (Å²) in [6.45, 7) is 2.60. The molecule has 0 amide bonds. The standard InChI is InChI=1S/C16H13BrN2O2/c1-2-20-14-9-5-12(6-10-14)16-19-18-15(21-16)11-3-7-13(17)8-4-11/h3-10H,2H2,1H3. The smallest absolute Gasteiger partial charge is 0.248 e. The van der Waals surface area contributed by atoms with Crippen molar-refractivity contribution >= 4 is 15.9 Å². The number of nitrogens with zero attached hydrogens (tertiary/aromatic N) is 2. The van der Waals surface area contributed by atoms with Crippen LogP contribution in [0.2, 0.25) is 0 Å². The fraction of sp³-hybridized carbons (Fsp3) is 0.125. The average Bonchev–Trinajstić information content (AvgIpc) is 2.99. The quantitative estimate of drug-likeness (QED) is 0.695. The van der Waals surface area contributed by atoms with Gasteiger partial charge in [-0.05, 0) is 55.5 Å². The van der Waals surface area contributed by atoms with Gasteiger partial charge in [0.2, 0.25) is 11.8 Å². The van der Waals surface area contributed by atoms with Crippen molar-refractivity contribution in [2.24, 2.45) is 0 Å². The molecule has 21 heavy (non-hydrogen) atoms. The third kappa shape index (κ3) is 3.13. The van der Waals surface area contributed by atoms with Gasteiger partial charge in [0, 0.05) is 15.6 Å². The van der Waals surface area contributed by atoms with Crippen LogP contribution in [0.15, 0.2) is 57.4 Å². The normalized spacial score (nSPS) is 10.6. The predicted molar refractivity (Wildman–Crippen MR) is 84.0 cm³/mol. The maximum absolute atomic E-state index is 5.72. The SMILES string of the molecule is CCOc1ccc(-c2nnc(-c3ccc(Br)cc3)o2)cc1. The molecular weight excluding hydrogens is 332 g/mol. The van der Waals surface area contributed by atoms with Crippen LogP contribution in [0.3, 0.4) is 0 Å². The van der Waals surface area contributed by atoms with Crippen molar-refractivity contribution in [1.82, 2.24) is 10.2 Å². The van der Waals surface area contributed by atoms with Gasteiger partial charge in [-0.2, -0.15) is 0 Å². The molecular formula is C16H13BrN2O2. The van der Waals surface area contributed by atoms with Crippen LogP contribution in [-0.4, -0.2) is 16.8 Å². The molecule has 1 aromatic heterocycles. The highest BCUT2D eigenvalue weighted by Gasteiger charge is 2.10. The van der Waals surface area contributed by atoms with Gasteiger partial charge in [-0.1, -0.05) is 15.9 Å². The van der Waals surface area contributed by atoms with Gasteiger partial charge in [0.15, 0.2) is 0 Å². The van der Waals surface area contributed by atoms with E-state index in [4.69, 9.17) is 9.15 Å². The molecule has 0 N–H and O–H groups in total. The van der Waals surface area contributed by atoms with E-state index in [1.165, 1.54) is 0 Å². The first-order valence-corrected chi connectivity index (χ1v) is 7.38. The molecule has 3 rings (SSSR count). The third-order valence-electron chi connectivity index (χ3n) is 2.93. The zero-order valence-corrected chi connectivity index (χ0v) is 13.0. The van der Waals surface area contributed by atoms with Crippen LogP contribution in [0.25, 0.3) is 22.9 Å². The van der Waals surface area contributed by atoms with Crippen LogP contribution >= 0.6 is 15.9 Å². The average molecular weight is 345 g/mol. The highest BCUT2D eigenvalue weighted by Crippen LogP contribution is 2.26. The van der Waals surface area contributed by atoms with Crippen molar-refractivity contribution in [3.8, 4) is 28.7 Å². The summed E-state index contributed by atoms with van der Waals surface area (Å²) < 4.78 is 12.1. The van der Waals surface area contributed by atoms with E-state index in [-0.39, 0.29) is 0 Å². The van der Waals surface area contributed by atoms with Gasteiger partial charge in [-0.25, -0.2) is 0 Å². The van der Waals surface area contributed by atoms with Gasteiger partial charge in [0.25, 0.3) is 0 Å². The Hall–Kier alpha value is -2.14. The van der Waals surface area contributed by atoms with Crippen LogP contribution in [0.4, 0.5) is 0 Å². The summed E-state index contributed by atoms with van der Waals surface area (Å²) >= 11 is 3.40. The minimum absolute atomic E-state index is 0.496. The van der Waals surface area contributed by atoms with Gasteiger partial charge >= 0.3 is 0 Å². The Morgan fingerprint density at radius 2 is 1.43 bits per heavy atom. The molecule has 5 heteroatoms. The zero-order chi connectivity index (χ0) is 14.7. The van der Waals surface area contributed by atoms with Gasteiger partial charge < -0.3 is 9.15 Å². The molecule has 0 aliphatic carbocycles. The van der Waals surface area contributed by atoms with Crippen LogP contribution in [-0.2, 0) is 0 Å². The summed E-state index contributed by atoms with van der Waals surface area (Å²) in [7, 11) is 0. The highest BCUT2D eigenvalue weighted by atomic mass is 79.9. The monoisotopic (exact) mass is 344 g/mol. The van der Waals surface area contributed by atoms with E-state index in [0.29, 0.717) is 18.4 Å². The molecule has 0 aliphatic rings. The van der Waals surface area contributed by atoms with Crippen molar-refractivity contribution in [1.29, 1.82) is 0 Å². The number of halogens is 1. The molecule has 0 fully saturated rings. The van der Waals surface area contributed by atoms with Crippen molar-refractivity contribution in [3.05, 3.63) is 53.0 Å². The molecule has 0 bridgehead atoms. The van der Waals surface area contributed by atoms with Gasteiger partial charge in [0.05, 0.1) is 6.61 Å². The van der Waals surface area contributed by atoms with Gasteiger partial charge in [-0.15, -0.1) is 10.2 Å². The van der Waals surface area contributed by atoms with Crippen LogP contribution in [0.1, 0.15) is 6.92 Å². The Labute approximate surface area is 130 Å². The van der Waals surface area contributed by atoms with Crippen molar-refractivity contribution in [2.45, 2.75) is 6.92 Å².